The number of nitrogens with two attached hydrogens (primary N) is 1. The van der Waals surface area contributed by atoms with Crippen molar-refractivity contribution in [3.63, 3.8) is 0 Å². The molecule has 2 heterocycles. The van der Waals surface area contributed by atoms with E-state index in [1.165, 1.54) is 0 Å². The van der Waals surface area contributed by atoms with E-state index in [2.05, 4.69) is 10.2 Å². The predicted molar refractivity (Wildman–Crippen MR) is 57.4 cm³/mol. The Kier molecular flexibility index (Phi) is 2.12. The zero-order chi connectivity index (χ0) is 11.1. The van der Waals surface area contributed by atoms with Gasteiger partial charge in [-0.15, -0.1) is 10.2 Å². The standard InChI is InChI=1S/C10H14N4O/c1-10(2,15)6-9-13-12-8-5-7(11)3-4-14(8)9/h3-5,15H,6,11H2,1-2H3. The van der Waals surface area contributed by atoms with Crippen LogP contribution in [0.5, 0.6) is 0 Å². The molecular formula is C10H14N4O. The summed E-state index contributed by atoms with van der Waals surface area (Å²) in [7, 11) is 0. The van der Waals surface area contributed by atoms with Crippen molar-refractivity contribution in [2.24, 2.45) is 0 Å². The van der Waals surface area contributed by atoms with Gasteiger partial charge in [-0.1, -0.05) is 0 Å². The summed E-state index contributed by atoms with van der Waals surface area (Å²) >= 11 is 0. The monoisotopic (exact) mass is 206 g/mol. The van der Waals surface area contributed by atoms with Crippen LogP contribution in [0.4, 0.5) is 5.69 Å². The minimum absolute atomic E-state index is 0.456. The molecule has 0 bridgehead atoms. The van der Waals surface area contributed by atoms with Gasteiger partial charge in [0.25, 0.3) is 0 Å². The number of aromatic nitrogens is 3. The Balaban J connectivity index is 2.45. The summed E-state index contributed by atoms with van der Waals surface area (Å²) in [5.74, 6) is 0.734. The minimum atomic E-state index is -0.787. The quantitative estimate of drug-likeness (QED) is 0.755. The van der Waals surface area contributed by atoms with Crippen LogP contribution in [0.25, 0.3) is 5.65 Å². The molecule has 0 unspecified atom stereocenters. The first-order chi connectivity index (χ1) is 6.96. The van der Waals surface area contributed by atoms with E-state index in [0.29, 0.717) is 17.8 Å². The summed E-state index contributed by atoms with van der Waals surface area (Å²) in [4.78, 5) is 0. The van der Waals surface area contributed by atoms with Crippen LogP contribution in [0.1, 0.15) is 19.7 Å². The summed E-state index contributed by atoms with van der Waals surface area (Å²) in [5.41, 5.74) is 6.20. The fourth-order valence-corrected chi connectivity index (χ4v) is 1.46. The minimum Gasteiger partial charge on any atom is -0.399 e. The van der Waals surface area contributed by atoms with E-state index in [0.717, 1.165) is 5.82 Å². The maximum Gasteiger partial charge on any atom is 0.162 e. The Morgan fingerprint density at radius 1 is 1.47 bits per heavy atom. The van der Waals surface area contributed by atoms with Gasteiger partial charge in [0, 0.05) is 24.4 Å². The molecule has 0 aromatic carbocycles. The molecule has 0 aliphatic rings. The lowest BCUT2D eigenvalue weighted by Crippen LogP contribution is -2.23. The Morgan fingerprint density at radius 3 is 2.87 bits per heavy atom. The second kappa shape index (κ2) is 3.20. The van der Waals surface area contributed by atoms with Gasteiger partial charge in [0.1, 0.15) is 5.82 Å². The number of aliphatic hydroxyl groups is 1. The molecule has 0 fully saturated rings. The number of nitrogen functional groups attached to an aromatic ring is 1. The number of pyridine rings is 1. The SMILES string of the molecule is CC(C)(O)Cc1nnc2cc(N)ccn12. The van der Waals surface area contributed by atoms with Crippen LogP contribution >= 0.6 is 0 Å². The van der Waals surface area contributed by atoms with Crippen molar-refractivity contribution in [3.8, 4) is 0 Å². The van der Waals surface area contributed by atoms with Crippen LogP contribution in [0.15, 0.2) is 18.3 Å². The van der Waals surface area contributed by atoms with Gasteiger partial charge < -0.3 is 10.8 Å². The summed E-state index contributed by atoms with van der Waals surface area (Å²) in [6.45, 7) is 3.48. The topological polar surface area (TPSA) is 76.4 Å². The van der Waals surface area contributed by atoms with Gasteiger partial charge in [-0.2, -0.15) is 0 Å². The predicted octanol–water partition coefficient (Wildman–Crippen LogP) is 0.625. The molecule has 80 valence electrons. The van der Waals surface area contributed by atoms with Gasteiger partial charge in [-0.3, -0.25) is 4.40 Å². The summed E-state index contributed by atoms with van der Waals surface area (Å²) in [6.07, 6.45) is 2.27. The first kappa shape index (κ1) is 9.92. The lowest BCUT2D eigenvalue weighted by atomic mass is 10.1. The van der Waals surface area contributed by atoms with Gasteiger partial charge in [0.05, 0.1) is 5.60 Å². The molecule has 0 aliphatic heterocycles. The van der Waals surface area contributed by atoms with Crippen molar-refractivity contribution in [1.29, 1.82) is 0 Å². The molecule has 0 atom stereocenters. The van der Waals surface area contributed by atoms with E-state index in [9.17, 15) is 5.11 Å². The molecule has 2 aromatic heterocycles. The lowest BCUT2D eigenvalue weighted by Gasteiger charge is -2.15. The first-order valence-electron chi connectivity index (χ1n) is 4.77. The highest BCUT2D eigenvalue weighted by Gasteiger charge is 2.17. The molecule has 0 saturated carbocycles. The average molecular weight is 206 g/mol. The van der Waals surface area contributed by atoms with E-state index in [1.54, 1.807) is 26.0 Å². The molecule has 2 rings (SSSR count). The summed E-state index contributed by atoms with van der Waals surface area (Å²) < 4.78 is 1.83. The summed E-state index contributed by atoms with van der Waals surface area (Å²) in [5, 5.41) is 17.7. The van der Waals surface area contributed by atoms with E-state index in [4.69, 9.17) is 5.73 Å². The number of hydrogen-bond donors (Lipinski definition) is 2. The average Bonchev–Trinajstić information content (AvgIpc) is 2.45. The van der Waals surface area contributed by atoms with Crippen molar-refractivity contribution >= 4 is 11.3 Å². The zero-order valence-electron chi connectivity index (χ0n) is 8.81. The van der Waals surface area contributed by atoms with Gasteiger partial charge in [0.2, 0.25) is 0 Å². The molecule has 0 saturated heterocycles. The van der Waals surface area contributed by atoms with Crippen molar-refractivity contribution in [1.82, 2.24) is 14.6 Å². The van der Waals surface area contributed by atoms with Crippen molar-refractivity contribution in [2.45, 2.75) is 25.9 Å². The highest BCUT2D eigenvalue weighted by Crippen LogP contribution is 2.13. The van der Waals surface area contributed by atoms with Crippen LogP contribution in [-0.4, -0.2) is 25.3 Å². The Labute approximate surface area is 87.6 Å². The van der Waals surface area contributed by atoms with Crippen molar-refractivity contribution < 1.29 is 5.11 Å². The van der Waals surface area contributed by atoms with E-state index in [1.807, 2.05) is 10.6 Å². The van der Waals surface area contributed by atoms with Crippen molar-refractivity contribution in [2.75, 3.05) is 5.73 Å². The molecule has 0 radical (unpaired) electrons. The molecule has 5 heteroatoms. The molecule has 0 spiro atoms. The van der Waals surface area contributed by atoms with Crippen molar-refractivity contribution in [3.05, 3.63) is 24.2 Å². The van der Waals surface area contributed by atoms with Gasteiger partial charge in [0.15, 0.2) is 5.65 Å². The Morgan fingerprint density at radius 2 is 2.20 bits per heavy atom. The maximum absolute atomic E-state index is 9.70. The third-order valence-corrected chi connectivity index (χ3v) is 2.10. The van der Waals surface area contributed by atoms with E-state index < -0.39 is 5.60 Å². The number of anilines is 1. The fourth-order valence-electron chi connectivity index (χ4n) is 1.46. The number of hydrogen-bond acceptors (Lipinski definition) is 4. The second-order valence-electron chi connectivity index (χ2n) is 4.29. The van der Waals surface area contributed by atoms with E-state index >= 15 is 0 Å². The molecule has 15 heavy (non-hydrogen) atoms. The highest BCUT2D eigenvalue weighted by atomic mass is 16.3. The van der Waals surface area contributed by atoms with Crippen LogP contribution in [0.3, 0.4) is 0 Å². The van der Waals surface area contributed by atoms with E-state index in [-0.39, 0.29) is 0 Å². The lowest BCUT2D eigenvalue weighted by molar-refractivity contribution is 0.0785. The van der Waals surface area contributed by atoms with Crippen LogP contribution in [0.2, 0.25) is 0 Å². The molecular weight excluding hydrogens is 192 g/mol. The Bertz CT molecular complexity index is 484. The largest absolute Gasteiger partial charge is 0.399 e. The Hall–Kier alpha value is -1.62. The molecule has 5 nitrogen and oxygen atoms in total. The van der Waals surface area contributed by atoms with Crippen LogP contribution in [0, 0.1) is 0 Å². The fraction of sp³-hybridized carbons (Fsp3) is 0.400. The zero-order valence-corrected chi connectivity index (χ0v) is 8.81. The molecule has 0 aliphatic carbocycles. The highest BCUT2D eigenvalue weighted by molar-refractivity contribution is 5.51. The molecule has 0 amide bonds. The molecule has 2 aromatic rings. The third kappa shape index (κ3) is 2.07. The normalized spacial score (nSPS) is 12.2. The number of rotatable bonds is 2. The van der Waals surface area contributed by atoms with Gasteiger partial charge >= 0.3 is 0 Å². The third-order valence-electron chi connectivity index (χ3n) is 2.10. The van der Waals surface area contributed by atoms with Gasteiger partial charge in [-0.05, 0) is 19.9 Å². The van der Waals surface area contributed by atoms with Crippen LogP contribution in [-0.2, 0) is 6.42 Å². The van der Waals surface area contributed by atoms with Gasteiger partial charge in [-0.25, -0.2) is 0 Å². The molecule has 3 N–H and O–H groups in total. The maximum atomic E-state index is 9.70. The second-order valence-corrected chi connectivity index (χ2v) is 4.29. The smallest absolute Gasteiger partial charge is 0.162 e. The number of fused-ring (bicyclic) bond motifs is 1. The number of nitrogens with zero attached hydrogens (tertiary/aromatic N) is 3. The van der Waals surface area contributed by atoms with Crippen LogP contribution < -0.4 is 5.73 Å². The summed E-state index contributed by atoms with van der Waals surface area (Å²) in [6, 6.07) is 3.53. The first-order valence-corrected chi connectivity index (χ1v) is 4.77.